The number of nitrogens with one attached hydrogen (secondary N) is 1. The molecule has 142 valence electrons. The van der Waals surface area contributed by atoms with Crippen molar-refractivity contribution in [3.8, 4) is 11.8 Å². The number of carbonyl (C=O) groups is 1. The number of ether oxygens (including phenoxy) is 1. The molecule has 0 spiro atoms. The van der Waals surface area contributed by atoms with E-state index in [4.69, 9.17) is 10.00 Å². The molecule has 2 aromatic carbocycles. The first-order valence-corrected chi connectivity index (χ1v) is 9.10. The quantitative estimate of drug-likeness (QED) is 0.557. The number of fused-ring (bicyclic) bond motifs is 1. The fraction of sp³-hybridized carbons (Fsp3) is 0.0870. The number of nitriles is 1. The zero-order chi connectivity index (χ0) is 20.2. The smallest absolute Gasteiger partial charge is 0.255 e. The largest absolute Gasteiger partial charge is 0.487 e. The molecular weight excluding hydrogens is 364 g/mol. The van der Waals surface area contributed by atoms with E-state index in [0.717, 1.165) is 16.9 Å². The number of imidazole rings is 1. The van der Waals surface area contributed by atoms with Crippen molar-refractivity contribution in [3.05, 3.63) is 95.4 Å². The Morgan fingerprint density at radius 1 is 1.17 bits per heavy atom. The molecule has 0 aliphatic heterocycles. The molecule has 0 aliphatic rings. The van der Waals surface area contributed by atoms with Gasteiger partial charge in [-0.1, -0.05) is 18.2 Å². The molecule has 1 N–H and O–H groups in total. The van der Waals surface area contributed by atoms with Gasteiger partial charge in [-0.25, -0.2) is 4.98 Å². The summed E-state index contributed by atoms with van der Waals surface area (Å²) in [5.41, 5.74) is 4.33. The van der Waals surface area contributed by atoms with E-state index in [-0.39, 0.29) is 5.91 Å². The molecular formula is C23H18N4O2. The lowest BCUT2D eigenvalue weighted by molar-refractivity contribution is 0.102. The number of hydrogen-bond donors (Lipinski definition) is 1. The lowest BCUT2D eigenvalue weighted by atomic mass is 10.1. The van der Waals surface area contributed by atoms with Crippen LogP contribution < -0.4 is 10.1 Å². The van der Waals surface area contributed by atoms with Gasteiger partial charge in [0.2, 0.25) is 0 Å². The predicted molar refractivity (Wildman–Crippen MR) is 110 cm³/mol. The predicted octanol–water partition coefficient (Wildman–Crippen LogP) is 4.35. The summed E-state index contributed by atoms with van der Waals surface area (Å²) in [6, 6.07) is 19.8. The van der Waals surface area contributed by atoms with Crippen LogP contribution in [0.2, 0.25) is 0 Å². The number of aryl methyl sites for hydroxylation is 1. The van der Waals surface area contributed by atoms with Gasteiger partial charge in [-0.2, -0.15) is 5.26 Å². The third-order valence-corrected chi connectivity index (χ3v) is 4.46. The zero-order valence-corrected chi connectivity index (χ0v) is 15.8. The van der Waals surface area contributed by atoms with Crippen LogP contribution >= 0.6 is 0 Å². The van der Waals surface area contributed by atoms with E-state index in [0.29, 0.717) is 29.2 Å². The van der Waals surface area contributed by atoms with Crippen LogP contribution in [0.25, 0.3) is 5.65 Å². The van der Waals surface area contributed by atoms with Crippen molar-refractivity contribution >= 4 is 17.2 Å². The summed E-state index contributed by atoms with van der Waals surface area (Å²) in [4.78, 5) is 17.1. The molecule has 0 bridgehead atoms. The number of anilines is 1. The number of hydrogen-bond acceptors (Lipinski definition) is 4. The lowest BCUT2D eigenvalue weighted by Crippen LogP contribution is -2.12. The van der Waals surface area contributed by atoms with Crippen molar-refractivity contribution in [1.82, 2.24) is 9.38 Å². The molecule has 2 aromatic heterocycles. The highest BCUT2D eigenvalue weighted by Gasteiger charge is 2.09. The summed E-state index contributed by atoms with van der Waals surface area (Å²) in [6.07, 6.45) is 3.88. The monoisotopic (exact) mass is 382 g/mol. The van der Waals surface area contributed by atoms with E-state index in [1.807, 2.05) is 35.9 Å². The molecule has 29 heavy (non-hydrogen) atoms. The molecule has 0 fully saturated rings. The molecule has 0 radical (unpaired) electrons. The summed E-state index contributed by atoms with van der Waals surface area (Å²) in [5, 5.41) is 11.8. The summed E-state index contributed by atoms with van der Waals surface area (Å²) < 4.78 is 7.81. The number of aromatic nitrogens is 2. The minimum Gasteiger partial charge on any atom is -0.487 e. The van der Waals surface area contributed by atoms with Crippen LogP contribution in [0.15, 0.2) is 73.1 Å². The van der Waals surface area contributed by atoms with E-state index in [2.05, 4.69) is 16.4 Å². The van der Waals surface area contributed by atoms with Crippen LogP contribution in [0.3, 0.4) is 0 Å². The molecule has 4 rings (SSSR count). The highest BCUT2D eigenvalue weighted by atomic mass is 16.5. The van der Waals surface area contributed by atoms with Gasteiger partial charge in [0.1, 0.15) is 18.0 Å². The molecule has 0 atom stereocenters. The Hall–Kier alpha value is -4.11. The topological polar surface area (TPSA) is 79.4 Å². The van der Waals surface area contributed by atoms with Crippen LogP contribution in [0, 0.1) is 18.3 Å². The van der Waals surface area contributed by atoms with Gasteiger partial charge in [0.15, 0.2) is 0 Å². The maximum Gasteiger partial charge on any atom is 0.255 e. The number of pyridine rings is 1. The van der Waals surface area contributed by atoms with Crippen LogP contribution in [0.5, 0.6) is 5.75 Å². The van der Waals surface area contributed by atoms with Gasteiger partial charge >= 0.3 is 0 Å². The zero-order valence-electron chi connectivity index (χ0n) is 15.8. The second-order valence-electron chi connectivity index (χ2n) is 6.62. The van der Waals surface area contributed by atoms with E-state index in [9.17, 15) is 4.79 Å². The average Bonchev–Trinajstić information content (AvgIpc) is 3.17. The van der Waals surface area contributed by atoms with Gasteiger partial charge in [-0.15, -0.1) is 0 Å². The first kappa shape index (κ1) is 18.3. The van der Waals surface area contributed by atoms with Gasteiger partial charge in [0.25, 0.3) is 5.91 Å². The highest BCUT2D eigenvalue weighted by molar-refractivity contribution is 6.04. The minimum atomic E-state index is -0.270. The number of nitrogens with zero attached hydrogens (tertiary/aromatic N) is 3. The third kappa shape index (κ3) is 4.09. The number of rotatable bonds is 5. The van der Waals surface area contributed by atoms with Crippen molar-refractivity contribution in [2.45, 2.75) is 13.5 Å². The second kappa shape index (κ2) is 7.87. The van der Waals surface area contributed by atoms with E-state index in [1.54, 1.807) is 48.5 Å². The highest BCUT2D eigenvalue weighted by Crippen LogP contribution is 2.18. The van der Waals surface area contributed by atoms with Gasteiger partial charge in [-0.3, -0.25) is 4.79 Å². The van der Waals surface area contributed by atoms with E-state index < -0.39 is 0 Å². The van der Waals surface area contributed by atoms with Crippen LogP contribution in [-0.2, 0) is 6.61 Å². The standard InChI is InChI=1S/C23H18N4O2/c1-16-5-4-10-27-14-20(25-22(16)27)15-29-21-9-3-7-18(12-21)23(28)26-19-8-2-6-17(11-19)13-24/h2-12,14H,15H2,1H3,(H,26,28). The molecule has 4 aromatic rings. The lowest BCUT2D eigenvalue weighted by Gasteiger charge is -2.08. The molecule has 1 amide bonds. The third-order valence-electron chi connectivity index (χ3n) is 4.46. The second-order valence-corrected chi connectivity index (χ2v) is 6.62. The van der Waals surface area contributed by atoms with Crippen LogP contribution in [0.1, 0.15) is 27.2 Å². The van der Waals surface area contributed by atoms with Crippen LogP contribution in [0.4, 0.5) is 5.69 Å². The molecule has 6 heteroatoms. The van der Waals surface area contributed by atoms with Gasteiger partial charge in [-0.05, 0) is 55.0 Å². The summed E-state index contributed by atoms with van der Waals surface area (Å²) in [7, 11) is 0. The van der Waals surface area contributed by atoms with E-state index in [1.165, 1.54) is 0 Å². The van der Waals surface area contributed by atoms with Gasteiger partial charge in [0, 0.05) is 23.6 Å². The fourth-order valence-electron chi connectivity index (χ4n) is 3.03. The Morgan fingerprint density at radius 3 is 2.86 bits per heavy atom. The summed E-state index contributed by atoms with van der Waals surface area (Å²) in [6.45, 7) is 2.32. The maximum atomic E-state index is 12.5. The fourth-order valence-corrected chi connectivity index (χ4v) is 3.03. The van der Waals surface area contributed by atoms with Crippen molar-refractivity contribution in [2.24, 2.45) is 0 Å². The average molecular weight is 382 g/mol. The molecule has 2 heterocycles. The number of amides is 1. The Labute approximate surface area is 168 Å². The minimum absolute atomic E-state index is 0.270. The van der Waals surface area contributed by atoms with Gasteiger partial charge < -0.3 is 14.5 Å². The van der Waals surface area contributed by atoms with Crippen LogP contribution in [-0.4, -0.2) is 15.3 Å². The Kier molecular flexibility index (Phi) is 4.95. The van der Waals surface area contributed by atoms with Crippen molar-refractivity contribution < 1.29 is 9.53 Å². The Balaban J connectivity index is 1.45. The molecule has 0 aliphatic carbocycles. The van der Waals surface area contributed by atoms with Crippen molar-refractivity contribution in [3.63, 3.8) is 0 Å². The molecule has 0 saturated carbocycles. The number of carbonyl (C=O) groups excluding carboxylic acids is 1. The first-order valence-electron chi connectivity index (χ1n) is 9.10. The Morgan fingerprint density at radius 2 is 2.03 bits per heavy atom. The summed E-state index contributed by atoms with van der Waals surface area (Å²) in [5.74, 6) is 0.311. The molecule has 0 saturated heterocycles. The van der Waals surface area contributed by atoms with Crippen molar-refractivity contribution in [1.29, 1.82) is 5.26 Å². The normalized spacial score (nSPS) is 10.5. The Bertz CT molecular complexity index is 1240. The van der Waals surface area contributed by atoms with Gasteiger partial charge in [0.05, 0.1) is 17.3 Å². The first-order chi connectivity index (χ1) is 14.1. The number of benzene rings is 2. The molecule has 6 nitrogen and oxygen atoms in total. The van der Waals surface area contributed by atoms with E-state index >= 15 is 0 Å². The SMILES string of the molecule is Cc1cccn2cc(COc3cccc(C(=O)Nc4cccc(C#N)c4)c3)nc12. The maximum absolute atomic E-state index is 12.5. The summed E-state index contributed by atoms with van der Waals surface area (Å²) >= 11 is 0. The molecule has 0 unspecified atom stereocenters. The van der Waals surface area contributed by atoms with Crippen molar-refractivity contribution in [2.75, 3.05) is 5.32 Å².